The summed E-state index contributed by atoms with van der Waals surface area (Å²) in [5.74, 6) is -0.785. The Hall–Kier alpha value is -1.14. The van der Waals surface area contributed by atoms with E-state index in [1.807, 2.05) is 23.6 Å². The molecule has 0 spiro atoms. The predicted octanol–water partition coefficient (Wildman–Crippen LogP) is 0.173. The molecule has 0 aromatic rings. The van der Waals surface area contributed by atoms with Crippen LogP contribution in [0.2, 0.25) is 0 Å². The molecule has 1 saturated heterocycles. The summed E-state index contributed by atoms with van der Waals surface area (Å²) in [5.41, 5.74) is -0.421. The van der Waals surface area contributed by atoms with Gasteiger partial charge in [-0.2, -0.15) is 0 Å². The molecule has 1 N–H and O–H groups in total. The number of amides is 1. The van der Waals surface area contributed by atoms with Crippen LogP contribution in [0.3, 0.4) is 0 Å². The van der Waals surface area contributed by atoms with Crippen LogP contribution in [0.25, 0.3) is 0 Å². The molecule has 0 aromatic carbocycles. The Morgan fingerprint density at radius 1 is 1.42 bits per heavy atom. The highest BCUT2D eigenvalue weighted by Crippen LogP contribution is 2.28. The molecule has 1 amide bonds. The van der Waals surface area contributed by atoms with Crippen LogP contribution in [0.15, 0.2) is 0 Å². The molecule has 0 radical (unpaired) electrons. The van der Waals surface area contributed by atoms with E-state index < -0.39 is 11.6 Å². The number of likely N-dealkylation sites (tertiary alicyclic amines) is 1. The molecule has 0 atom stereocenters. The van der Waals surface area contributed by atoms with Crippen LogP contribution in [0, 0.1) is 0 Å². The maximum Gasteiger partial charge on any atom is 0.329 e. The summed E-state index contributed by atoms with van der Waals surface area (Å²) >= 11 is 0. The molecule has 0 bridgehead atoms. The van der Waals surface area contributed by atoms with Gasteiger partial charge in [0.1, 0.15) is 6.61 Å². The summed E-state index contributed by atoms with van der Waals surface area (Å²) in [6, 6.07) is 0.452. The van der Waals surface area contributed by atoms with Crippen molar-refractivity contribution in [3.63, 3.8) is 0 Å². The summed E-state index contributed by atoms with van der Waals surface area (Å²) in [4.78, 5) is 26.5. The number of rotatable bonds is 7. The van der Waals surface area contributed by atoms with Gasteiger partial charge in [0.05, 0.1) is 12.1 Å². The van der Waals surface area contributed by atoms with Crippen molar-refractivity contribution in [1.29, 1.82) is 0 Å². The van der Waals surface area contributed by atoms with E-state index in [9.17, 15) is 9.59 Å². The van der Waals surface area contributed by atoms with Crippen molar-refractivity contribution < 1.29 is 19.4 Å². The lowest BCUT2D eigenvalue weighted by atomic mass is 9.96. The summed E-state index contributed by atoms with van der Waals surface area (Å²) in [6.45, 7) is 6.03. The average molecular weight is 270 g/mol. The third kappa shape index (κ3) is 3.67. The largest absolute Gasteiger partial charge is 0.480 e. The molecule has 108 valence electrons. The van der Waals surface area contributed by atoms with Crippen molar-refractivity contribution in [1.82, 2.24) is 9.80 Å². The van der Waals surface area contributed by atoms with E-state index in [2.05, 4.69) is 0 Å². The van der Waals surface area contributed by atoms with Gasteiger partial charge in [-0.15, -0.1) is 0 Å². The minimum atomic E-state index is -0.957. The highest BCUT2D eigenvalue weighted by atomic mass is 16.5. The Balaban J connectivity index is 1.71. The molecular weight excluding hydrogens is 248 g/mol. The first-order valence-corrected chi connectivity index (χ1v) is 6.81. The molecule has 2 fully saturated rings. The Labute approximate surface area is 113 Å². The van der Waals surface area contributed by atoms with E-state index >= 15 is 0 Å². The molecule has 0 unspecified atom stereocenters. The fraction of sp³-hybridized carbons (Fsp3) is 0.846. The van der Waals surface area contributed by atoms with Crippen LogP contribution < -0.4 is 0 Å². The van der Waals surface area contributed by atoms with E-state index in [1.165, 1.54) is 0 Å². The Morgan fingerprint density at radius 2 is 2.05 bits per heavy atom. The quantitative estimate of drug-likeness (QED) is 0.714. The molecule has 1 saturated carbocycles. The number of likely N-dealkylation sites (N-methyl/N-ethyl adjacent to an activating group) is 1. The average Bonchev–Trinajstić information content (AvgIpc) is 3.09. The molecule has 6 heteroatoms. The smallest absolute Gasteiger partial charge is 0.329 e. The highest BCUT2D eigenvalue weighted by Gasteiger charge is 2.42. The third-order valence-electron chi connectivity index (χ3n) is 3.67. The van der Waals surface area contributed by atoms with Gasteiger partial charge >= 0.3 is 5.97 Å². The lowest BCUT2D eigenvalue weighted by molar-refractivity contribution is -0.167. The van der Waals surface area contributed by atoms with E-state index in [4.69, 9.17) is 9.84 Å². The SMILES string of the molecule is CCN(C(=O)CN1CC(C)(OCC(=O)O)C1)C1CC1. The molecule has 2 rings (SSSR count). The summed E-state index contributed by atoms with van der Waals surface area (Å²) in [5, 5.41) is 8.58. The van der Waals surface area contributed by atoms with Gasteiger partial charge in [0.25, 0.3) is 0 Å². The predicted molar refractivity (Wildman–Crippen MR) is 68.8 cm³/mol. The molecule has 6 nitrogen and oxygen atoms in total. The second-order valence-corrected chi connectivity index (χ2v) is 5.69. The number of hydrogen-bond acceptors (Lipinski definition) is 4. The lowest BCUT2D eigenvalue weighted by Gasteiger charge is -2.47. The van der Waals surface area contributed by atoms with E-state index in [0.29, 0.717) is 25.7 Å². The Morgan fingerprint density at radius 3 is 2.53 bits per heavy atom. The molecule has 1 aliphatic heterocycles. The number of carboxylic acids is 1. The fourth-order valence-electron chi connectivity index (χ4n) is 2.65. The van der Waals surface area contributed by atoms with Crippen molar-refractivity contribution >= 4 is 11.9 Å². The Kier molecular flexibility index (Phi) is 4.10. The van der Waals surface area contributed by atoms with Gasteiger partial charge in [-0.25, -0.2) is 4.79 Å². The van der Waals surface area contributed by atoms with Crippen molar-refractivity contribution in [3.05, 3.63) is 0 Å². The first-order valence-electron chi connectivity index (χ1n) is 6.81. The summed E-state index contributed by atoms with van der Waals surface area (Å²) < 4.78 is 5.32. The van der Waals surface area contributed by atoms with Gasteiger partial charge in [-0.05, 0) is 26.7 Å². The monoisotopic (exact) mass is 270 g/mol. The second-order valence-electron chi connectivity index (χ2n) is 5.69. The number of hydrogen-bond donors (Lipinski definition) is 1. The fourth-order valence-corrected chi connectivity index (χ4v) is 2.65. The van der Waals surface area contributed by atoms with E-state index in [0.717, 1.165) is 19.4 Å². The van der Waals surface area contributed by atoms with E-state index in [1.54, 1.807) is 0 Å². The van der Waals surface area contributed by atoms with Gasteiger partial charge in [-0.1, -0.05) is 0 Å². The maximum atomic E-state index is 12.1. The normalized spacial score (nSPS) is 21.8. The molecular formula is C13H22N2O4. The number of carbonyl (C=O) groups is 2. The first-order chi connectivity index (χ1) is 8.93. The first kappa shape index (κ1) is 14.3. The number of nitrogens with zero attached hydrogens (tertiary/aromatic N) is 2. The number of carboxylic acid groups (broad SMARTS) is 1. The van der Waals surface area contributed by atoms with Crippen LogP contribution in [0.1, 0.15) is 26.7 Å². The van der Waals surface area contributed by atoms with Crippen LogP contribution >= 0.6 is 0 Å². The number of carbonyl (C=O) groups excluding carboxylic acids is 1. The zero-order chi connectivity index (χ0) is 14.0. The molecule has 0 aromatic heterocycles. The van der Waals surface area contributed by atoms with Crippen molar-refractivity contribution in [3.8, 4) is 0 Å². The Bertz CT molecular complexity index is 362. The van der Waals surface area contributed by atoms with Gasteiger partial charge < -0.3 is 14.7 Å². The third-order valence-corrected chi connectivity index (χ3v) is 3.67. The lowest BCUT2D eigenvalue weighted by Crippen LogP contribution is -2.63. The van der Waals surface area contributed by atoms with Crippen LogP contribution in [-0.4, -0.2) is 71.2 Å². The van der Waals surface area contributed by atoms with E-state index in [-0.39, 0.29) is 12.5 Å². The van der Waals surface area contributed by atoms with Gasteiger partial charge in [0.15, 0.2) is 0 Å². The second kappa shape index (κ2) is 5.46. The molecule has 1 heterocycles. The highest BCUT2D eigenvalue weighted by molar-refractivity contribution is 5.79. The minimum absolute atomic E-state index is 0.172. The summed E-state index contributed by atoms with van der Waals surface area (Å²) in [7, 11) is 0. The number of aliphatic carboxylic acids is 1. The zero-order valence-electron chi connectivity index (χ0n) is 11.6. The zero-order valence-corrected chi connectivity index (χ0v) is 11.6. The minimum Gasteiger partial charge on any atom is -0.480 e. The van der Waals surface area contributed by atoms with Crippen molar-refractivity contribution in [2.75, 3.05) is 32.8 Å². The van der Waals surface area contributed by atoms with Gasteiger partial charge in [-0.3, -0.25) is 9.69 Å². The van der Waals surface area contributed by atoms with Gasteiger partial charge in [0.2, 0.25) is 5.91 Å². The standard InChI is InChI=1S/C13H22N2O4/c1-3-15(10-4-5-10)11(16)6-14-8-13(2,9-14)19-7-12(17)18/h10H,3-9H2,1-2H3,(H,17,18). The van der Waals surface area contributed by atoms with Crippen LogP contribution in [-0.2, 0) is 14.3 Å². The van der Waals surface area contributed by atoms with Gasteiger partial charge in [0, 0.05) is 25.7 Å². The number of ether oxygens (including phenoxy) is 1. The van der Waals surface area contributed by atoms with Crippen molar-refractivity contribution in [2.45, 2.75) is 38.3 Å². The van der Waals surface area contributed by atoms with Crippen LogP contribution in [0.4, 0.5) is 0 Å². The molecule has 2 aliphatic rings. The van der Waals surface area contributed by atoms with Crippen molar-refractivity contribution in [2.24, 2.45) is 0 Å². The molecule has 1 aliphatic carbocycles. The topological polar surface area (TPSA) is 70.1 Å². The molecule has 19 heavy (non-hydrogen) atoms. The van der Waals surface area contributed by atoms with Crippen LogP contribution in [0.5, 0.6) is 0 Å². The maximum absolute atomic E-state index is 12.1. The summed E-state index contributed by atoms with van der Waals surface area (Å²) in [6.07, 6.45) is 2.25.